The quantitative estimate of drug-likeness (QED) is 0.503. The second kappa shape index (κ2) is 7.86. The molecule has 1 aliphatic rings. The van der Waals surface area contributed by atoms with Gasteiger partial charge < -0.3 is 10.1 Å². The van der Waals surface area contributed by atoms with Crippen molar-refractivity contribution in [2.45, 2.75) is 37.8 Å². The Labute approximate surface area is 166 Å². The van der Waals surface area contributed by atoms with E-state index in [0.717, 1.165) is 39.8 Å². The average molecular weight is 400 g/mol. The van der Waals surface area contributed by atoms with Crippen LogP contribution in [0.1, 0.15) is 28.2 Å². The standard InChI is InChI=1S/C20H21N3O2S2/c1-12-22-19(18-15-4-3-5-16(15)27-20(18)23-12)26-11-17(24)21-10-13-6-8-14(25-2)9-7-13/h6-9H,3-5,10-11H2,1-2H3,(H,21,24). The van der Waals surface area contributed by atoms with Crippen LogP contribution in [0.5, 0.6) is 5.75 Å². The normalized spacial score (nSPS) is 13.0. The SMILES string of the molecule is COc1ccc(CNC(=O)CSc2nc(C)nc3sc4c(c23)CCC4)cc1. The van der Waals surface area contributed by atoms with Crippen LogP contribution in [0.25, 0.3) is 10.2 Å². The number of methoxy groups -OCH3 is 1. The maximum Gasteiger partial charge on any atom is 0.230 e. The molecule has 27 heavy (non-hydrogen) atoms. The molecule has 7 heteroatoms. The highest BCUT2D eigenvalue weighted by molar-refractivity contribution is 8.00. The first-order chi connectivity index (χ1) is 13.1. The highest BCUT2D eigenvalue weighted by Crippen LogP contribution is 2.40. The van der Waals surface area contributed by atoms with Gasteiger partial charge in [0.2, 0.25) is 5.91 Å². The molecule has 4 rings (SSSR count). The fraction of sp³-hybridized carbons (Fsp3) is 0.350. The number of aryl methyl sites for hydroxylation is 3. The molecule has 0 unspecified atom stereocenters. The predicted octanol–water partition coefficient (Wildman–Crippen LogP) is 3.91. The fourth-order valence-corrected chi connectivity index (χ4v) is 5.60. The summed E-state index contributed by atoms with van der Waals surface area (Å²) < 4.78 is 5.15. The van der Waals surface area contributed by atoms with E-state index in [4.69, 9.17) is 4.74 Å². The van der Waals surface area contributed by atoms with E-state index in [1.807, 2.05) is 31.2 Å². The van der Waals surface area contributed by atoms with E-state index in [0.29, 0.717) is 12.3 Å². The average Bonchev–Trinajstić information content (AvgIpc) is 3.25. The Morgan fingerprint density at radius 2 is 2.07 bits per heavy atom. The van der Waals surface area contributed by atoms with Crippen LogP contribution in [0.2, 0.25) is 0 Å². The lowest BCUT2D eigenvalue weighted by atomic mass is 10.2. The molecule has 0 saturated carbocycles. The summed E-state index contributed by atoms with van der Waals surface area (Å²) in [6.07, 6.45) is 3.44. The first-order valence-electron chi connectivity index (χ1n) is 8.95. The lowest BCUT2D eigenvalue weighted by molar-refractivity contribution is -0.118. The number of amides is 1. The molecule has 1 aromatic carbocycles. The molecule has 1 amide bonds. The van der Waals surface area contributed by atoms with Crippen LogP contribution < -0.4 is 10.1 Å². The third kappa shape index (κ3) is 3.94. The summed E-state index contributed by atoms with van der Waals surface area (Å²) in [5.41, 5.74) is 2.45. The highest BCUT2D eigenvalue weighted by Gasteiger charge is 2.22. The van der Waals surface area contributed by atoms with Gasteiger partial charge in [0.1, 0.15) is 21.4 Å². The minimum atomic E-state index is 0.00658. The largest absolute Gasteiger partial charge is 0.497 e. The maximum atomic E-state index is 12.3. The number of nitrogens with zero attached hydrogens (tertiary/aromatic N) is 2. The van der Waals surface area contributed by atoms with Crippen molar-refractivity contribution in [3.63, 3.8) is 0 Å². The van der Waals surface area contributed by atoms with Gasteiger partial charge in [-0.05, 0) is 49.4 Å². The monoisotopic (exact) mass is 399 g/mol. The van der Waals surface area contributed by atoms with E-state index in [-0.39, 0.29) is 5.91 Å². The summed E-state index contributed by atoms with van der Waals surface area (Å²) >= 11 is 3.29. The van der Waals surface area contributed by atoms with Gasteiger partial charge in [0.05, 0.1) is 12.9 Å². The third-order valence-electron chi connectivity index (χ3n) is 4.63. The number of carbonyl (C=O) groups is 1. The summed E-state index contributed by atoms with van der Waals surface area (Å²) in [6, 6.07) is 7.71. The fourth-order valence-electron chi connectivity index (χ4n) is 3.30. The zero-order chi connectivity index (χ0) is 18.8. The second-order valence-corrected chi connectivity index (χ2v) is 8.57. The third-order valence-corrected chi connectivity index (χ3v) is 6.79. The van der Waals surface area contributed by atoms with Gasteiger partial charge in [0, 0.05) is 16.8 Å². The zero-order valence-corrected chi connectivity index (χ0v) is 17.0. The number of hydrogen-bond acceptors (Lipinski definition) is 6. The number of benzene rings is 1. The lowest BCUT2D eigenvalue weighted by Gasteiger charge is -2.08. The van der Waals surface area contributed by atoms with Gasteiger partial charge >= 0.3 is 0 Å². The van der Waals surface area contributed by atoms with Crippen molar-refractivity contribution in [3.05, 3.63) is 46.1 Å². The van der Waals surface area contributed by atoms with E-state index in [1.54, 1.807) is 18.4 Å². The molecule has 5 nitrogen and oxygen atoms in total. The molecule has 0 bridgehead atoms. The Kier molecular flexibility index (Phi) is 5.31. The van der Waals surface area contributed by atoms with Gasteiger partial charge in [-0.3, -0.25) is 4.79 Å². The molecule has 0 fully saturated rings. The van der Waals surface area contributed by atoms with Crippen molar-refractivity contribution in [1.29, 1.82) is 0 Å². The molecule has 2 aromatic heterocycles. The van der Waals surface area contributed by atoms with Gasteiger partial charge in [-0.15, -0.1) is 11.3 Å². The summed E-state index contributed by atoms with van der Waals surface area (Å²) in [4.78, 5) is 24.0. The van der Waals surface area contributed by atoms with Gasteiger partial charge in [-0.25, -0.2) is 9.97 Å². The Hall–Kier alpha value is -2.12. The molecule has 0 saturated heterocycles. The highest BCUT2D eigenvalue weighted by atomic mass is 32.2. The molecule has 0 radical (unpaired) electrons. The Bertz CT molecular complexity index is 983. The minimum Gasteiger partial charge on any atom is -0.497 e. The number of thiophene rings is 1. The van der Waals surface area contributed by atoms with Gasteiger partial charge in [-0.1, -0.05) is 23.9 Å². The Balaban J connectivity index is 1.41. The van der Waals surface area contributed by atoms with Crippen molar-refractivity contribution in [3.8, 4) is 5.75 Å². The molecule has 0 atom stereocenters. The maximum absolute atomic E-state index is 12.3. The van der Waals surface area contributed by atoms with Gasteiger partial charge in [-0.2, -0.15) is 0 Å². The van der Waals surface area contributed by atoms with E-state index in [1.165, 1.54) is 34.0 Å². The van der Waals surface area contributed by atoms with Crippen molar-refractivity contribution in [2.24, 2.45) is 0 Å². The van der Waals surface area contributed by atoms with Crippen molar-refractivity contribution in [2.75, 3.05) is 12.9 Å². The van der Waals surface area contributed by atoms with Crippen LogP contribution in [0.3, 0.4) is 0 Å². The molecular formula is C20H21N3O2S2. The van der Waals surface area contributed by atoms with Crippen molar-refractivity contribution < 1.29 is 9.53 Å². The van der Waals surface area contributed by atoms with Crippen LogP contribution in [0, 0.1) is 6.92 Å². The summed E-state index contributed by atoms with van der Waals surface area (Å²) in [5.74, 6) is 1.94. The van der Waals surface area contributed by atoms with E-state index in [2.05, 4.69) is 15.3 Å². The zero-order valence-electron chi connectivity index (χ0n) is 15.4. The first-order valence-corrected chi connectivity index (χ1v) is 10.8. The summed E-state index contributed by atoms with van der Waals surface area (Å²) in [6.45, 7) is 2.42. The van der Waals surface area contributed by atoms with Crippen LogP contribution in [-0.2, 0) is 24.2 Å². The number of nitrogens with one attached hydrogen (secondary N) is 1. The molecular weight excluding hydrogens is 378 g/mol. The number of thioether (sulfide) groups is 1. The smallest absolute Gasteiger partial charge is 0.230 e. The number of rotatable bonds is 6. The molecule has 140 valence electrons. The molecule has 1 aliphatic carbocycles. The number of carbonyl (C=O) groups excluding carboxylic acids is 1. The van der Waals surface area contributed by atoms with Gasteiger partial charge in [0.25, 0.3) is 0 Å². The van der Waals surface area contributed by atoms with E-state index >= 15 is 0 Å². The Morgan fingerprint density at radius 1 is 1.26 bits per heavy atom. The number of ether oxygens (including phenoxy) is 1. The predicted molar refractivity (Wildman–Crippen MR) is 110 cm³/mol. The second-order valence-electron chi connectivity index (χ2n) is 6.53. The van der Waals surface area contributed by atoms with Crippen molar-refractivity contribution in [1.82, 2.24) is 15.3 Å². The summed E-state index contributed by atoms with van der Waals surface area (Å²) in [5, 5.41) is 5.09. The Morgan fingerprint density at radius 3 is 2.85 bits per heavy atom. The van der Waals surface area contributed by atoms with Crippen LogP contribution in [-0.4, -0.2) is 28.7 Å². The molecule has 0 aliphatic heterocycles. The topological polar surface area (TPSA) is 64.1 Å². The van der Waals surface area contributed by atoms with Crippen LogP contribution >= 0.6 is 23.1 Å². The van der Waals surface area contributed by atoms with E-state index in [9.17, 15) is 4.79 Å². The number of aromatic nitrogens is 2. The lowest BCUT2D eigenvalue weighted by Crippen LogP contribution is -2.24. The van der Waals surface area contributed by atoms with Gasteiger partial charge in [0.15, 0.2) is 0 Å². The van der Waals surface area contributed by atoms with Crippen LogP contribution in [0.15, 0.2) is 29.3 Å². The number of hydrogen-bond donors (Lipinski definition) is 1. The molecule has 3 aromatic rings. The minimum absolute atomic E-state index is 0.00658. The molecule has 1 N–H and O–H groups in total. The van der Waals surface area contributed by atoms with E-state index < -0.39 is 0 Å². The molecule has 2 heterocycles. The number of fused-ring (bicyclic) bond motifs is 3. The van der Waals surface area contributed by atoms with Crippen LogP contribution in [0.4, 0.5) is 0 Å². The first kappa shape index (κ1) is 18.3. The van der Waals surface area contributed by atoms with Crippen molar-refractivity contribution >= 4 is 39.2 Å². The summed E-state index contributed by atoms with van der Waals surface area (Å²) in [7, 11) is 1.64. The molecule has 0 spiro atoms.